The number of amides is 3. The molecule has 2 aliphatic carbocycles. The van der Waals surface area contributed by atoms with Gasteiger partial charge in [-0.15, -0.1) is 0 Å². The number of carbonyl (C=O) groups excluding carboxylic acids is 3. The lowest BCUT2D eigenvalue weighted by Gasteiger charge is -2.47. The van der Waals surface area contributed by atoms with Crippen LogP contribution in [0, 0.1) is 6.92 Å². The minimum absolute atomic E-state index is 0.0334. The van der Waals surface area contributed by atoms with Crippen molar-refractivity contribution in [2.75, 3.05) is 5.32 Å². The second-order valence-electron chi connectivity index (χ2n) is 11.1. The maximum Gasteiger partial charge on any atom is 0.273 e. The van der Waals surface area contributed by atoms with Gasteiger partial charge in [0, 0.05) is 24.4 Å². The summed E-state index contributed by atoms with van der Waals surface area (Å²) in [6, 6.07) is 6.24. The van der Waals surface area contributed by atoms with E-state index in [2.05, 4.69) is 10.6 Å². The van der Waals surface area contributed by atoms with Crippen molar-refractivity contribution in [2.45, 2.75) is 109 Å². The van der Waals surface area contributed by atoms with Crippen LogP contribution in [0.2, 0.25) is 0 Å². The van der Waals surface area contributed by atoms with E-state index < -0.39 is 5.54 Å². The van der Waals surface area contributed by atoms with Gasteiger partial charge in [0.2, 0.25) is 11.8 Å². The molecule has 35 heavy (non-hydrogen) atoms. The molecule has 1 aromatic carbocycles. The van der Waals surface area contributed by atoms with Gasteiger partial charge in [-0.1, -0.05) is 50.2 Å². The molecule has 1 atom stereocenters. The number of fused-ring (bicyclic) bond motifs is 3. The molecular formula is C28H38N4O3. The molecular weight excluding hydrogens is 440 g/mol. The van der Waals surface area contributed by atoms with Crippen LogP contribution < -0.4 is 10.6 Å². The number of anilines is 1. The maximum absolute atomic E-state index is 14.3. The summed E-state index contributed by atoms with van der Waals surface area (Å²) in [5.74, 6) is -0.411. The molecule has 1 aromatic heterocycles. The third-order valence-corrected chi connectivity index (χ3v) is 8.31. The summed E-state index contributed by atoms with van der Waals surface area (Å²) >= 11 is 0. The Balaban J connectivity index is 1.61. The van der Waals surface area contributed by atoms with Crippen LogP contribution in [-0.2, 0) is 16.1 Å². The Morgan fingerprint density at radius 1 is 1.00 bits per heavy atom. The third kappa shape index (κ3) is 4.23. The van der Waals surface area contributed by atoms with Gasteiger partial charge >= 0.3 is 0 Å². The van der Waals surface area contributed by atoms with Crippen molar-refractivity contribution in [2.24, 2.45) is 0 Å². The van der Waals surface area contributed by atoms with E-state index in [0.717, 1.165) is 67.8 Å². The number of hydrogen-bond acceptors (Lipinski definition) is 3. The molecule has 3 aliphatic rings. The van der Waals surface area contributed by atoms with Gasteiger partial charge in [0.15, 0.2) is 0 Å². The first-order chi connectivity index (χ1) is 16.8. The van der Waals surface area contributed by atoms with Gasteiger partial charge < -0.3 is 20.1 Å². The second-order valence-corrected chi connectivity index (χ2v) is 11.1. The molecule has 188 valence electrons. The Morgan fingerprint density at radius 3 is 2.31 bits per heavy atom. The second kappa shape index (κ2) is 9.32. The highest BCUT2D eigenvalue weighted by molar-refractivity contribution is 6.14. The Kier molecular flexibility index (Phi) is 6.36. The van der Waals surface area contributed by atoms with Crippen LogP contribution in [-0.4, -0.2) is 44.8 Å². The van der Waals surface area contributed by atoms with E-state index in [1.807, 2.05) is 41.5 Å². The fourth-order valence-corrected chi connectivity index (χ4v) is 6.56. The minimum Gasteiger partial charge on any atom is -0.351 e. The monoisotopic (exact) mass is 478 g/mol. The zero-order valence-electron chi connectivity index (χ0n) is 21.3. The van der Waals surface area contributed by atoms with E-state index in [4.69, 9.17) is 0 Å². The van der Waals surface area contributed by atoms with Crippen LogP contribution in [0.5, 0.6) is 0 Å². The summed E-state index contributed by atoms with van der Waals surface area (Å²) < 4.78 is 1.97. The summed E-state index contributed by atoms with van der Waals surface area (Å²) in [6.45, 7) is 5.79. The zero-order valence-corrected chi connectivity index (χ0v) is 21.3. The van der Waals surface area contributed by atoms with E-state index in [1.54, 1.807) is 0 Å². The molecule has 7 nitrogen and oxygen atoms in total. The fourth-order valence-electron chi connectivity index (χ4n) is 6.56. The molecule has 0 bridgehead atoms. The SMILES string of the molecule is CC(=O)Nc1c2n(c3ccc(C)cc13)CC(C)(C(=O)NC1CCCCCC1)N(C1CCCC1)C2=O. The lowest BCUT2D eigenvalue weighted by molar-refractivity contribution is -0.135. The number of nitrogens with one attached hydrogen (secondary N) is 2. The highest BCUT2D eigenvalue weighted by atomic mass is 16.2. The van der Waals surface area contributed by atoms with Crippen LogP contribution in [0.25, 0.3) is 10.9 Å². The number of aromatic nitrogens is 1. The summed E-state index contributed by atoms with van der Waals surface area (Å²) in [7, 11) is 0. The summed E-state index contributed by atoms with van der Waals surface area (Å²) in [4.78, 5) is 42.3. The number of nitrogens with zero attached hydrogens (tertiary/aromatic N) is 2. The summed E-state index contributed by atoms with van der Waals surface area (Å²) in [6.07, 6.45) is 10.7. The standard InChI is InChI=1S/C28H38N4O3/c1-18-14-15-23-22(16-18)24(29-19(2)33)25-26(34)32(21-12-8-9-13-21)28(3,17-31(23)25)27(35)30-20-10-6-4-5-7-11-20/h14-16,20-21H,4-13,17H2,1-3H3,(H,29,33)(H,30,35). The number of aryl methyl sites for hydroxylation is 1. The van der Waals surface area contributed by atoms with Crippen LogP contribution in [0.4, 0.5) is 5.69 Å². The smallest absolute Gasteiger partial charge is 0.273 e. The van der Waals surface area contributed by atoms with Gasteiger partial charge in [-0.2, -0.15) is 0 Å². The highest BCUT2D eigenvalue weighted by Crippen LogP contribution is 2.42. The van der Waals surface area contributed by atoms with E-state index in [1.165, 1.54) is 19.8 Å². The fraction of sp³-hybridized carbons (Fsp3) is 0.607. The lowest BCUT2D eigenvalue weighted by Crippen LogP contribution is -2.67. The average molecular weight is 479 g/mol. The van der Waals surface area contributed by atoms with Crippen molar-refractivity contribution < 1.29 is 14.4 Å². The molecule has 2 heterocycles. The molecule has 2 N–H and O–H groups in total. The first-order valence-electron chi connectivity index (χ1n) is 13.3. The molecule has 1 unspecified atom stereocenters. The van der Waals surface area contributed by atoms with Crippen LogP contribution in [0.1, 0.15) is 94.1 Å². The molecule has 2 fully saturated rings. The third-order valence-electron chi connectivity index (χ3n) is 8.31. The molecule has 2 saturated carbocycles. The lowest BCUT2D eigenvalue weighted by atomic mass is 9.91. The highest BCUT2D eigenvalue weighted by Gasteiger charge is 2.52. The summed E-state index contributed by atoms with van der Waals surface area (Å²) in [5, 5.41) is 7.15. The van der Waals surface area contributed by atoms with E-state index in [-0.39, 0.29) is 29.8 Å². The van der Waals surface area contributed by atoms with Gasteiger partial charge in [-0.05, 0) is 51.7 Å². The molecule has 0 spiro atoms. The minimum atomic E-state index is -0.990. The van der Waals surface area contributed by atoms with Crippen molar-refractivity contribution in [1.82, 2.24) is 14.8 Å². The molecule has 0 radical (unpaired) electrons. The molecule has 7 heteroatoms. The largest absolute Gasteiger partial charge is 0.351 e. The molecule has 2 aromatic rings. The van der Waals surface area contributed by atoms with Crippen molar-refractivity contribution in [3.63, 3.8) is 0 Å². The van der Waals surface area contributed by atoms with E-state index in [0.29, 0.717) is 17.9 Å². The maximum atomic E-state index is 14.3. The number of benzene rings is 1. The number of rotatable bonds is 4. The predicted molar refractivity (Wildman–Crippen MR) is 137 cm³/mol. The van der Waals surface area contributed by atoms with Crippen LogP contribution in [0.15, 0.2) is 18.2 Å². The van der Waals surface area contributed by atoms with E-state index >= 15 is 0 Å². The Labute approximate surface area is 207 Å². The molecule has 1 aliphatic heterocycles. The summed E-state index contributed by atoms with van der Waals surface area (Å²) in [5.41, 5.74) is 2.00. The molecule has 3 amide bonds. The average Bonchev–Trinajstić information content (AvgIpc) is 3.33. The first kappa shape index (κ1) is 23.9. The van der Waals surface area contributed by atoms with Crippen LogP contribution in [0.3, 0.4) is 0 Å². The Morgan fingerprint density at radius 2 is 1.66 bits per heavy atom. The van der Waals surface area contributed by atoms with Gasteiger partial charge in [-0.3, -0.25) is 14.4 Å². The van der Waals surface area contributed by atoms with Crippen molar-refractivity contribution in [3.05, 3.63) is 29.5 Å². The van der Waals surface area contributed by atoms with Crippen molar-refractivity contribution >= 4 is 34.3 Å². The Bertz CT molecular complexity index is 1150. The van der Waals surface area contributed by atoms with Gasteiger partial charge in [-0.25, -0.2) is 0 Å². The van der Waals surface area contributed by atoms with Crippen molar-refractivity contribution in [3.8, 4) is 0 Å². The topological polar surface area (TPSA) is 83.4 Å². The van der Waals surface area contributed by atoms with E-state index in [9.17, 15) is 14.4 Å². The molecule has 5 rings (SSSR count). The van der Waals surface area contributed by atoms with Crippen LogP contribution >= 0.6 is 0 Å². The quantitative estimate of drug-likeness (QED) is 0.613. The van der Waals surface area contributed by atoms with Crippen molar-refractivity contribution in [1.29, 1.82) is 0 Å². The number of hydrogen-bond donors (Lipinski definition) is 2. The zero-order chi connectivity index (χ0) is 24.7. The number of carbonyl (C=O) groups is 3. The normalized spacial score (nSPS) is 23.9. The molecule has 0 saturated heterocycles. The first-order valence-corrected chi connectivity index (χ1v) is 13.3. The van der Waals surface area contributed by atoms with Gasteiger partial charge in [0.1, 0.15) is 11.2 Å². The Hall–Kier alpha value is -2.83. The van der Waals surface area contributed by atoms with Gasteiger partial charge in [0.05, 0.1) is 17.7 Å². The predicted octanol–water partition coefficient (Wildman–Crippen LogP) is 4.90. The van der Waals surface area contributed by atoms with Gasteiger partial charge in [0.25, 0.3) is 5.91 Å².